The molecule has 1 fully saturated rings. The van der Waals surface area contributed by atoms with Crippen LogP contribution in [0.15, 0.2) is 41.3 Å². The highest BCUT2D eigenvalue weighted by Crippen LogP contribution is 2.23. The van der Waals surface area contributed by atoms with Gasteiger partial charge in [0.1, 0.15) is 5.02 Å². The van der Waals surface area contributed by atoms with Gasteiger partial charge in [-0.25, -0.2) is 4.79 Å². The Balaban J connectivity index is 1.75. The van der Waals surface area contributed by atoms with Gasteiger partial charge in [-0.3, -0.25) is 4.79 Å². The Kier molecular flexibility index (Phi) is 6.01. The lowest BCUT2D eigenvalue weighted by Gasteiger charge is -2.38. The summed E-state index contributed by atoms with van der Waals surface area (Å²) in [5, 5.41) is 4.43. The summed E-state index contributed by atoms with van der Waals surface area (Å²) >= 11 is 6.37. The van der Waals surface area contributed by atoms with Gasteiger partial charge in [-0.05, 0) is 26.0 Å². The Labute approximate surface area is 163 Å². The monoisotopic (exact) mass is 389 g/mol. The van der Waals surface area contributed by atoms with Crippen LogP contribution in [0.5, 0.6) is 0 Å². The first-order valence-corrected chi connectivity index (χ1v) is 9.56. The number of amides is 2. The fraction of sp³-hybridized carbons (Fsp3) is 0.421. The molecule has 0 aliphatic carbocycles. The zero-order valence-corrected chi connectivity index (χ0v) is 16.4. The third kappa shape index (κ3) is 3.93. The summed E-state index contributed by atoms with van der Waals surface area (Å²) in [6, 6.07) is 9.24. The van der Waals surface area contributed by atoms with Crippen molar-refractivity contribution in [2.45, 2.75) is 13.8 Å². The number of carbonyl (C=O) groups excluding carboxylic acids is 1. The normalized spacial score (nSPS) is 14.3. The largest absolute Gasteiger partial charge is 0.365 e. The van der Waals surface area contributed by atoms with E-state index in [2.05, 4.69) is 5.10 Å². The lowest BCUT2D eigenvalue weighted by molar-refractivity contribution is 0.154. The molecule has 0 spiro atoms. The van der Waals surface area contributed by atoms with E-state index in [0.717, 1.165) is 0 Å². The van der Waals surface area contributed by atoms with Crippen molar-refractivity contribution in [1.82, 2.24) is 19.6 Å². The van der Waals surface area contributed by atoms with Crippen LogP contribution in [-0.4, -0.2) is 64.9 Å². The zero-order valence-electron chi connectivity index (χ0n) is 15.6. The fourth-order valence-corrected chi connectivity index (χ4v) is 3.48. The first-order valence-electron chi connectivity index (χ1n) is 9.18. The third-order valence-electron chi connectivity index (χ3n) is 4.83. The second-order valence-corrected chi connectivity index (χ2v) is 6.70. The number of piperazine rings is 1. The molecule has 144 valence electrons. The molecule has 8 heteroatoms. The molecule has 1 aromatic heterocycles. The lowest BCUT2D eigenvalue weighted by atomic mass is 10.3. The van der Waals surface area contributed by atoms with Crippen molar-refractivity contribution in [2.75, 3.05) is 44.2 Å². The van der Waals surface area contributed by atoms with Gasteiger partial charge in [-0.2, -0.15) is 9.78 Å². The van der Waals surface area contributed by atoms with Crippen LogP contribution < -0.4 is 10.5 Å². The van der Waals surface area contributed by atoms with Gasteiger partial charge in [0.2, 0.25) is 0 Å². The number of aromatic nitrogens is 2. The molecule has 27 heavy (non-hydrogen) atoms. The van der Waals surface area contributed by atoms with Gasteiger partial charge < -0.3 is 14.7 Å². The fourth-order valence-electron chi connectivity index (χ4n) is 3.23. The number of carbonyl (C=O) groups is 1. The quantitative estimate of drug-likeness (QED) is 0.805. The smallest absolute Gasteiger partial charge is 0.320 e. The second kappa shape index (κ2) is 8.43. The van der Waals surface area contributed by atoms with Gasteiger partial charge in [0, 0.05) is 39.3 Å². The molecule has 2 heterocycles. The first-order chi connectivity index (χ1) is 13.1. The van der Waals surface area contributed by atoms with E-state index >= 15 is 0 Å². The average molecular weight is 390 g/mol. The number of hydrogen-bond donors (Lipinski definition) is 0. The van der Waals surface area contributed by atoms with Crippen LogP contribution in [0, 0.1) is 0 Å². The van der Waals surface area contributed by atoms with E-state index in [1.807, 2.05) is 58.9 Å². The molecule has 0 unspecified atom stereocenters. The number of anilines is 1. The summed E-state index contributed by atoms with van der Waals surface area (Å²) in [6.45, 7) is 7.76. The molecule has 2 amide bonds. The molecule has 1 aliphatic rings. The molecule has 2 aromatic rings. The highest BCUT2D eigenvalue weighted by molar-refractivity contribution is 6.33. The molecule has 0 N–H and O–H groups in total. The molecular formula is C19H24ClN5O2. The maximum Gasteiger partial charge on any atom is 0.320 e. The van der Waals surface area contributed by atoms with E-state index in [9.17, 15) is 9.59 Å². The Morgan fingerprint density at radius 3 is 2.33 bits per heavy atom. The Morgan fingerprint density at radius 1 is 1.11 bits per heavy atom. The van der Waals surface area contributed by atoms with Crippen molar-refractivity contribution in [3.63, 3.8) is 0 Å². The van der Waals surface area contributed by atoms with Gasteiger partial charge in [-0.1, -0.05) is 29.8 Å². The topological polar surface area (TPSA) is 61.7 Å². The average Bonchev–Trinajstić information content (AvgIpc) is 2.71. The zero-order chi connectivity index (χ0) is 19.4. The number of hydrogen-bond acceptors (Lipinski definition) is 4. The summed E-state index contributed by atoms with van der Waals surface area (Å²) in [5.41, 5.74) is 0.941. The highest BCUT2D eigenvalue weighted by atomic mass is 35.5. The van der Waals surface area contributed by atoms with Crippen molar-refractivity contribution in [2.24, 2.45) is 0 Å². The van der Waals surface area contributed by atoms with Crippen molar-refractivity contribution < 1.29 is 4.79 Å². The molecule has 1 aromatic carbocycles. The highest BCUT2D eigenvalue weighted by Gasteiger charge is 2.26. The van der Waals surface area contributed by atoms with Gasteiger partial charge in [0.15, 0.2) is 0 Å². The van der Waals surface area contributed by atoms with Crippen LogP contribution in [0.25, 0.3) is 5.69 Å². The summed E-state index contributed by atoms with van der Waals surface area (Å²) in [4.78, 5) is 30.8. The van der Waals surface area contributed by atoms with Crippen molar-refractivity contribution in [1.29, 1.82) is 0 Å². The number of para-hydroxylation sites is 1. The number of benzene rings is 1. The minimum atomic E-state index is -0.345. The molecule has 0 bridgehead atoms. The van der Waals surface area contributed by atoms with Crippen molar-refractivity contribution in [3.8, 4) is 5.69 Å². The minimum Gasteiger partial charge on any atom is -0.365 e. The first kappa shape index (κ1) is 19.2. The summed E-state index contributed by atoms with van der Waals surface area (Å²) in [7, 11) is 0. The van der Waals surface area contributed by atoms with E-state index in [-0.39, 0.29) is 16.6 Å². The van der Waals surface area contributed by atoms with Crippen LogP contribution in [0.3, 0.4) is 0 Å². The molecule has 1 aliphatic heterocycles. The maximum atomic E-state index is 12.6. The second-order valence-electron chi connectivity index (χ2n) is 6.33. The Morgan fingerprint density at radius 2 is 1.74 bits per heavy atom. The SMILES string of the molecule is CCN(CC)C(=O)N1CCN(c2cnn(-c3ccccc3)c(=O)c2Cl)CC1. The number of urea groups is 1. The van der Waals surface area contributed by atoms with Crippen LogP contribution in [0.2, 0.25) is 5.02 Å². The number of rotatable bonds is 4. The van der Waals surface area contributed by atoms with E-state index in [1.54, 1.807) is 6.20 Å². The summed E-state index contributed by atoms with van der Waals surface area (Å²) in [5.74, 6) is 0. The minimum absolute atomic E-state index is 0.0587. The molecule has 0 saturated carbocycles. The molecular weight excluding hydrogens is 366 g/mol. The standard InChI is InChI=1S/C19H24ClN5O2/c1-3-22(4-2)19(27)24-12-10-23(11-13-24)16-14-21-25(18(26)17(16)20)15-8-6-5-7-9-15/h5-9,14H,3-4,10-13H2,1-2H3. The predicted molar refractivity (Wildman–Crippen MR) is 107 cm³/mol. The van der Waals surface area contributed by atoms with E-state index < -0.39 is 0 Å². The molecule has 3 rings (SSSR count). The van der Waals surface area contributed by atoms with Crippen LogP contribution in [-0.2, 0) is 0 Å². The van der Waals surface area contributed by atoms with Gasteiger partial charge in [-0.15, -0.1) is 0 Å². The van der Waals surface area contributed by atoms with Crippen molar-refractivity contribution in [3.05, 3.63) is 51.9 Å². The predicted octanol–water partition coefficient (Wildman–Crippen LogP) is 2.47. The van der Waals surface area contributed by atoms with Gasteiger partial charge in [0.25, 0.3) is 5.56 Å². The number of halogens is 1. The van der Waals surface area contributed by atoms with Crippen LogP contribution in [0.4, 0.5) is 10.5 Å². The van der Waals surface area contributed by atoms with E-state index in [0.29, 0.717) is 50.6 Å². The van der Waals surface area contributed by atoms with Gasteiger partial charge >= 0.3 is 6.03 Å². The summed E-state index contributed by atoms with van der Waals surface area (Å²) in [6.07, 6.45) is 1.62. The van der Waals surface area contributed by atoms with Gasteiger partial charge in [0.05, 0.1) is 17.6 Å². The lowest BCUT2D eigenvalue weighted by Crippen LogP contribution is -2.53. The Bertz CT molecular complexity index is 843. The molecule has 0 atom stereocenters. The Hall–Kier alpha value is -2.54. The van der Waals surface area contributed by atoms with Crippen LogP contribution >= 0.6 is 11.6 Å². The van der Waals surface area contributed by atoms with E-state index in [4.69, 9.17) is 11.6 Å². The summed E-state index contributed by atoms with van der Waals surface area (Å²) < 4.78 is 1.30. The molecule has 1 saturated heterocycles. The number of nitrogens with zero attached hydrogens (tertiary/aromatic N) is 5. The third-order valence-corrected chi connectivity index (χ3v) is 5.18. The molecule has 7 nitrogen and oxygen atoms in total. The molecule has 0 radical (unpaired) electrons. The van der Waals surface area contributed by atoms with Crippen LogP contribution in [0.1, 0.15) is 13.8 Å². The van der Waals surface area contributed by atoms with E-state index in [1.165, 1.54) is 4.68 Å². The van der Waals surface area contributed by atoms with Crippen molar-refractivity contribution >= 4 is 23.3 Å². The maximum absolute atomic E-state index is 12.6.